The molecule has 1 aliphatic rings. The lowest BCUT2D eigenvalue weighted by Crippen LogP contribution is -2.18. The van der Waals surface area contributed by atoms with Crippen molar-refractivity contribution in [2.75, 3.05) is 13.1 Å². The smallest absolute Gasteiger partial charge is 0.131 e. The van der Waals surface area contributed by atoms with Gasteiger partial charge in [0, 0.05) is 30.1 Å². The largest absolute Gasteiger partial charge is 0.299 e. The van der Waals surface area contributed by atoms with Gasteiger partial charge >= 0.3 is 0 Å². The molecule has 2 nitrogen and oxygen atoms in total. The van der Waals surface area contributed by atoms with Crippen LogP contribution < -0.4 is 0 Å². The fraction of sp³-hybridized carbons (Fsp3) is 0.312. The van der Waals surface area contributed by atoms with E-state index in [0.29, 0.717) is 5.56 Å². The molecule has 0 atom stereocenters. The van der Waals surface area contributed by atoms with Crippen LogP contribution in [0.15, 0.2) is 42.7 Å². The van der Waals surface area contributed by atoms with E-state index in [4.69, 9.17) is 0 Å². The van der Waals surface area contributed by atoms with Gasteiger partial charge in [0.25, 0.3) is 0 Å². The first-order chi connectivity index (χ1) is 9.33. The van der Waals surface area contributed by atoms with Crippen LogP contribution in [0, 0.1) is 5.82 Å². The summed E-state index contributed by atoms with van der Waals surface area (Å²) in [5.41, 5.74) is 2.63. The topological polar surface area (TPSA) is 16.1 Å². The first-order valence-electron chi connectivity index (χ1n) is 6.74. The minimum absolute atomic E-state index is 0.192. The van der Waals surface area contributed by atoms with E-state index in [1.807, 2.05) is 18.3 Å². The van der Waals surface area contributed by atoms with Crippen LogP contribution in [-0.2, 0) is 6.54 Å². The summed E-state index contributed by atoms with van der Waals surface area (Å²) in [6.07, 6.45) is 6.16. The van der Waals surface area contributed by atoms with Gasteiger partial charge in [0.2, 0.25) is 0 Å². The predicted molar refractivity (Wildman–Crippen MR) is 74.1 cm³/mol. The Balaban J connectivity index is 1.85. The highest BCUT2D eigenvalue weighted by molar-refractivity contribution is 5.63. The average Bonchev–Trinajstić information content (AvgIpc) is 2.92. The summed E-state index contributed by atoms with van der Waals surface area (Å²) in [6.45, 7) is 3.23. The lowest BCUT2D eigenvalue weighted by Gasteiger charge is -2.14. The summed E-state index contributed by atoms with van der Waals surface area (Å²) in [4.78, 5) is 6.67. The number of benzene rings is 1. The molecule has 0 bridgehead atoms. The average molecular weight is 256 g/mol. The monoisotopic (exact) mass is 256 g/mol. The Bertz CT molecular complexity index is 562. The normalized spacial score (nSPS) is 15.8. The van der Waals surface area contributed by atoms with Crippen molar-refractivity contribution in [3.8, 4) is 11.1 Å². The molecule has 1 saturated heterocycles. The maximum absolute atomic E-state index is 13.8. The molecule has 19 heavy (non-hydrogen) atoms. The second-order valence-corrected chi connectivity index (χ2v) is 5.04. The summed E-state index contributed by atoms with van der Waals surface area (Å²) in [5.74, 6) is -0.192. The predicted octanol–water partition coefficient (Wildman–Crippen LogP) is 3.48. The molecular weight excluding hydrogens is 239 g/mol. The molecule has 1 aromatic heterocycles. The molecule has 0 saturated carbocycles. The van der Waals surface area contributed by atoms with E-state index in [9.17, 15) is 4.39 Å². The van der Waals surface area contributed by atoms with E-state index < -0.39 is 0 Å². The van der Waals surface area contributed by atoms with Gasteiger partial charge in [-0.05, 0) is 43.6 Å². The fourth-order valence-corrected chi connectivity index (χ4v) is 2.62. The van der Waals surface area contributed by atoms with Crippen molar-refractivity contribution in [2.45, 2.75) is 19.4 Å². The van der Waals surface area contributed by atoms with E-state index in [0.717, 1.165) is 30.8 Å². The first kappa shape index (κ1) is 12.3. The third-order valence-corrected chi connectivity index (χ3v) is 3.58. The number of likely N-dealkylation sites (tertiary alicyclic amines) is 1. The zero-order chi connectivity index (χ0) is 13.1. The zero-order valence-electron chi connectivity index (χ0n) is 10.8. The van der Waals surface area contributed by atoms with Gasteiger partial charge in [-0.2, -0.15) is 0 Å². The van der Waals surface area contributed by atoms with Crippen molar-refractivity contribution in [3.05, 3.63) is 54.1 Å². The molecule has 1 fully saturated rings. The maximum Gasteiger partial charge on any atom is 0.131 e. The van der Waals surface area contributed by atoms with Crippen LogP contribution in [0.5, 0.6) is 0 Å². The summed E-state index contributed by atoms with van der Waals surface area (Å²) < 4.78 is 13.8. The van der Waals surface area contributed by atoms with Crippen LogP contribution in [0.4, 0.5) is 4.39 Å². The Morgan fingerprint density at radius 2 is 1.89 bits per heavy atom. The Morgan fingerprint density at radius 3 is 2.68 bits per heavy atom. The molecule has 1 aliphatic heterocycles. The van der Waals surface area contributed by atoms with Crippen molar-refractivity contribution in [1.82, 2.24) is 9.88 Å². The maximum atomic E-state index is 13.8. The van der Waals surface area contributed by atoms with Crippen LogP contribution in [-0.4, -0.2) is 23.0 Å². The SMILES string of the molecule is Fc1ccccc1-c1cncc(CN2CCCC2)c1. The molecule has 0 radical (unpaired) electrons. The van der Waals surface area contributed by atoms with Gasteiger partial charge in [-0.25, -0.2) is 4.39 Å². The fourth-order valence-electron chi connectivity index (χ4n) is 2.62. The van der Waals surface area contributed by atoms with Gasteiger partial charge in [0.1, 0.15) is 5.82 Å². The number of rotatable bonds is 3. The third kappa shape index (κ3) is 2.82. The van der Waals surface area contributed by atoms with E-state index >= 15 is 0 Å². The van der Waals surface area contributed by atoms with Crippen molar-refractivity contribution in [3.63, 3.8) is 0 Å². The lowest BCUT2D eigenvalue weighted by atomic mass is 10.1. The van der Waals surface area contributed by atoms with Crippen molar-refractivity contribution >= 4 is 0 Å². The van der Waals surface area contributed by atoms with Gasteiger partial charge in [-0.3, -0.25) is 9.88 Å². The Labute approximate surface area is 112 Å². The van der Waals surface area contributed by atoms with Gasteiger partial charge in [-0.15, -0.1) is 0 Å². The van der Waals surface area contributed by atoms with Crippen LogP contribution in [0.3, 0.4) is 0 Å². The number of aromatic nitrogens is 1. The Morgan fingerprint density at radius 1 is 1.11 bits per heavy atom. The highest BCUT2D eigenvalue weighted by Gasteiger charge is 2.12. The van der Waals surface area contributed by atoms with Gasteiger partial charge in [0.15, 0.2) is 0 Å². The quantitative estimate of drug-likeness (QED) is 0.835. The van der Waals surface area contributed by atoms with Gasteiger partial charge in [0.05, 0.1) is 0 Å². The number of nitrogens with zero attached hydrogens (tertiary/aromatic N) is 2. The molecule has 0 N–H and O–H groups in total. The second-order valence-electron chi connectivity index (χ2n) is 5.04. The summed E-state index contributed by atoms with van der Waals surface area (Å²) in [7, 11) is 0. The Hall–Kier alpha value is -1.74. The lowest BCUT2D eigenvalue weighted by molar-refractivity contribution is 0.331. The van der Waals surface area contributed by atoms with Crippen molar-refractivity contribution in [2.24, 2.45) is 0 Å². The zero-order valence-corrected chi connectivity index (χ0v) is 10.8. The molecular formula is C16H17FN2. The van der Waals surface area contributed by atoms with Crippen LogP contribution in [0.1, 0.15) is 18.4 Å². The highest BCUT2D eigenvalue weighted by atomic mass is 19.1. The molecule has 0 unspecified atom stereocenters. The van der Waals surface area contributed by atoms with Crippen molar-refractivity contribution in [1.29, 1.82) is 0 Å². The van der Waals surface area contributed by atoms with Crippen LogP contribution in [0.25, 0.3) is 11.1 Å². The van der Waals surface area contributed by atoms with E-state index in [1.165, 1.54) is 18.9 Å². The molecule has 0 amide bonds. The van der Waals surface area contributed by atoms with Crippen LogP contribution in [0.2, 0.25) is 0 Å². The minimum Gasteiger partial charge on any atom is -0.299 e. The van der Waals surface area contributed by atoms with E-state index in [1.54, 1.807) is 18.3 Å². The summed E-state index contributed by atoms with van der Waals surface area (Å²) >= 11 is 0. The molecule has 98 valence electrons. The summed E-state index contributed by atoms with van der Waals surface area (Å²) in [6, 6.07) is 8.89. The molecule has 0 spiro atoms. The molecule has 3 rings (SSSR count). The Kier molecular flexibility index (Phi) is 3.56. The number of pyridine rings is 1. The van der Waals surface area contributed by atoms with Crippen molar-refractivity contribution < 1.29 is 4.39 Å². The van der Waals surface area contributed by atoms with Crippen LogP contribution >= 0.6 is 0 Å². The highest BCUT2D eigenvalue weighted by Crippen LogP contribution is 2.23. The molecule has 0 aliphatic carbocycles. The van der Waals surface area contributed by atoms with Gasteiger partial charge < -0.3 is 0 Å². The third-order valence-electron chi connectivity index (χ3n) is 3.58. The minimum atomic E-state index is -0.192. The number of halogens is 1. The van der Waals surface area contributed by atoms with E-state index in [2.05, 4.69) is 9.88 Å². The van der Waals surface area contributed by atoms with Gasteiger partial charge in [-0.1, -0.05) is 18.2 Å². The molecule has 3 heteroatoms. The van der Waals surface area contributed by atoms with E-state index in [-0.39, 0.29) is 5.82 Å². The standard InChI is InChI=1S/C16H17FN2/c17-16-6-2-1-5-15(16)14-9-13(10-18-11-14)12-19-7-3-4-8-19/h1-2,5-6,9-11H,3-4,7-8,12H2. The molecule has 1 aromatic carbocycles. The second kappa shape index (κ2) is 5.49. The number of hydrogen-bond donors (Lipinski definition) is 0. The molecule has 2 heterocycles. The summed E-state index contributed by atoms with van der Waals surface area (Å²) in [5, 5.41) is 0. The number of hydrogen-bond acceptors (Lipinski definition) is 2. The molecule has 2 aromatic rings. The first-order valence-corrected chi connectivity index (χ1v) is 6.74.